The van der Waals surface area contributed by atoms with E-state index in [1.165, 1.54) is 18.2 Å². The first kappa shape index (κ1) is 23.0. The molecule has 0 aliphatic heterocycles. The molecule has 0 saturated heterocycles. The summed E-state index contributed by atoms with van der Waals surface area (Å²) < 4.78 is 2.84. The molecule has 150 valence electrons. The summed E-state index contributed by atoms with van der Waals surface area (Å²) in [5.41, 5.74) is 0.591. The van der Waals surface area contributed by atoms with Crippen LogP contribution in [-0.4, -0.2) is 22.1 Å². The molecule has 3 N–H and O–H groups in total. The van der Waals surface area contributed by atoms with Crippen LogP contribution < -0.4 is 16.0 Å². The second-order valence-electron chi connectivity index (χ2n) is 5.16. The molecular formula is C16H11Cl6N3O3. The quantitative estimate of drug-likeness (QED) is 0.319. The van der Waals surface area contributed by atoms with Crippen molar-refractivity contribution in [3.63, 3.8) is 0 Å². The van der Waals surface area contributed by atoms with Gasteiger partial charge < -0.3 is 10.1 Å². The minimum absolute atomic E-state index is 0.217. The molecule has 2 aromatic carbocycles. The van der Waals surface area contributed by atoms with Gasteiger partial charge in [-0.05, 0) is 30.3 Å². The van der Waals surface area contributed by atoms with Crippen LogP contribution in [0.25, 0.3) is 0 Å². The predicted molar refractivity (Wildman–Crippen MR) is 114 cm³/mol. The minimum atomic E-state index is -2.16. The van der Waals surface area contributed by atoms with Gasteiger partial charge in [0.1, 0.15) is 0 Å². The number of hydrogen-bond donors (Lipinski definition) is 3. The van der Waals surface area contributed by atoms with Crippen LogP contribution in [0.2, 0.25) is 15.1 Å². The highest BCUT2D eigenvalue weighted by molar-refractivity contribution is 6.68. The lowest BCUT2D eigenvalue weighted by molar-refractivity contribution is 0.0985. The molecule has 0 radical (unpaired) electrons. The fraction of sp³-hybridized carbons (Fsp3) is 0.125. The van der Waals surface area contributed by atoms with Crippen LogP contribution in [0.3, 0.4) is 0 Å². The predicted octanol–water partition coefficient (Wildman–Crippen LogP) is 6.71. The fourth-order valence-electron chi connectivity index (χ4n) is 1.85. The van der Waals surface area contributed by atoms with Gasteiger partial charge in [-0.1, -0.05) is 81.7 Å². The Bertz CT molecular complexity index is 875. The van der Waals surface area contributed by atoms with Crippen molar-refractivity contribution >= 4 is 93.1 Å². The van der Waals surface area contributed by atoms with E-state index in [1.54, 1.807) is 24.3 Å². The van der Waals surface area contributed by atoms with E-state index in [1.807, 2.05) is 0 Å². The topological polar surface area (TPSA) is 79.5 Å². The van der Waals surface area contributed by atoms with E-state index in [2.05, 4.69) is 16.0 Å². The zero-order chi connectivity index (χ0) is 20.9. The van der Waals surface area contributed by atoms with Crippen LogP contribution in [-0.2, 0) is 4.74 Å². The molecule has 0 aliphatic rings. The molecule has 28 heavy (non-hydrogen) atoms. The van der Waals surface area contributed by atoms with Crippen molar-refractivity contribution in [3.8, 4) is 0 Å². The zero-order valence-electron chi connectivity index (χ0n) is 13.6. The zero-order valence-corrected chi connectivity index (χ0v) is 18.1. The SMILES string of the molecule is O=C(Nc1ccccc1Cl)N[C@@H](OC(=O)Nc1ccc(Cl)c(Cl)c1)C(Cl)(Cl)Cl. The maximum atomic E-state index is 12.1. The number of anilines is 2. The highest BCUT2D eigenvalue weighted by Crippen LogP contribution is 2.32. The minimum Gasteiger partial charge on any atom is -0.421 e. The van der Waals surface area contributed by atoms with E-state index < -0.39 is 22.1 Å². The first-order chi connectivity index (χ1) is 13.1. The lowest BCUT2D eigenvalue weighted by Crippen LogP contribution is -2.49. The number of rotatable bonds is 4. The average molecular weight is 506 g/mol. The molecule has 0 bridgehead atoms. The number of carbonyl (C=O) groups is 2. The fourth-order valence-corrected chi connectivity index (χ4v) is 2.62. The molecule has 1 atom stereocenters. The van der Waals surface area contributed by atoms with Crippen molar-refractivity contribution in [2.75, 3.05) is 10.6 Å². The molecule has 0 heterocycles. The summed E-state index contributed by atoms with van der Waals surface area (Å²) in [5, 5.41) is 7.87. The number of ether oxygens (including phenoxy) is 1. The van der Waals surface area contributed by atoms with Crippen molar-refractivity contribution in [1.82, 2.24) is 5.32 Å². The molecule has 0 saturated carbocycles. The molecule has 0 fully saturated rings. The van der Waals surface area contributed by atoms with E-state index in [-0.39, 0.29) is 10.7 Å². The number of amides is 3. The Morgan fingerprint density at radius 1 is 0.893 bits per heavy atom. The van der Waals surface area contributed by atoms with Gasteiger partial charge >= 0.3 is 12.1 Å². The van der Waals surface area contributed by atoms with E-state index in [4.69, 9.17) is 74.3 Å². The number of para-hydroxylation sites is 1. The number of nitrogens with one attached hydrogen (secondary N) is 3. The molecule has 3 amide bonds. The van der Waals surface area contributed by atoms with E-state index in [0.29, 0.717) is 15.7 Å². The van der Waals surface area contributed by atoms with Crippen molar-refractivity contribution in [2.45, 2.75) is 10.0 Å². The summed E-state index contributed by atoms with van der Waals surface area (Å²) in [4.78, 5) is 24.2. The second-order valence-corrected chi connectivity index (χ2v) is 8.75. The van der Waals surface area contributed by atoms with Gasteiger partial charge in [0.05, 0.1) is 20.8 Å². The Morgan fingerprint density at radius 3 is 2.18 bits per heavy atom. The third-order valence-corrected chi connectivity index (χ3v) is 4.74. The Hall–Kier alpha value is -1.28. The van der Waals surface area contributed by atoms with Gasteiger partial charge in [0.2, 0.25) is 10.0 Å². The van der Waals surface area contributed by atoms with Crippen LogP contribution in [0.4, 0.5) is 21.0 Å². The summed E-state index contributed by atoms with van der Waals surface area (Å²) in [6, 6.07) is 10.0. The Labute approximate surface area is 190 Å². The maximum Gasteiger partial charge on any atom is 0.413 e. The van der Waals surface area contributed by atoms with E-state index >= 15 is 0 Å². The number of carbonyl (C=O) groups excluding carboxylic acids is 2. The standard InChI is InChI=1S/C16H11Cl6N3O3/c17-9-6-5-8(7-11(9)19)23-15(27)28-13(16(20,21)22)25-14(26)24-12-4-2-1-3-10(12)18/h1-7,13H,(H,23,27)(H2,24,25,26)/t13-/m0/s1. The van der Waals surface area contributed by atoms with Gasteiger partial charge in [-0.25, -0.2) is 9.59 Å². The van der Waals surface area contributed by atoms with Crippen LogP contribution in [0, 0.1) is 0 Å². The van der Waals surface area contributed by atoms with Crippen molar-refractivity contribution in [2.24, 2.45) is 0 Å². The molecule has 0 spiro atoms. The molecule has 0 aliphatic carbocycles. The number of halogens is 6. The third-order valence-electron chi connectivity index (χ3n) is 3.07. The van der Waals surface area contributed by atoms with Crippen molar-refractivity contribution in [3.05, 3.63) is 57.5 Å². The Balaban J connectivity index is 2.02. The third kappa shape index (κ3) is 6.95. The van der Waals surface area contributed by atoms with Gasteiger partial charge in [0.25, 0.3) is 0 Å². The van der Waals surface area contributed by atoms with Crippen LogP contribution >= 0.6 is 69.6 Å². The lowest BCUT2D eigenvalue weighted by Gasteiger charge is -2.25. The molecule has 0 unspecified atom stereocenters. The van der Waals surface area contributed by atoms with Gasteiger partial charge in [-0.3, -0.25) is 10.6 Å². The smallest absolute Gasteiger partial charge is 0.413 e. The highest BCUT2D eigenvalue weighted by Gasteiger charge is 2.37. The molecule has 2 aromatic rings. The highest BCUT2D eigenvalue weighted by atomic mass is 35.6. The maximum absolute atomic E-state index is 12.1. The van der Waals surface area contributed by atoms with Crippen LogP contribution in [0.5, 0.6) is 0 Å². The first-order valence-corrected chi connectivity index (χ1v) is 9.64. The lowest BCUT2D eigenvalue weighted by atomic mass is 10.3. The van der Waals surface area contributed by atoms with E-state index in [9.17, 15) is 9.59 Å². The van der Waals surface area contributed by atoms with Crippen molar-refractivity contribution in [1.29, 1.82) is 0 Å². The Kier molecular flexibility index (Phi) is 8.18. The largest absolute Gasteiger partial charge is 0.421 e. The molecule has 12 heteroatoms. The normalized spacial score (nSPS) is 12.1. The summed E-state index contributed by atoms with van der Waals surface area (Å²) in [5.74, 6) is 0. The van der Waals surface area contributed by atoms with Gasteiger partial charge in [0.15, 0.2) is 0 Å². The number of benzene rings is 2. The van der Waals surface area contributed by atoms with Gasteiger partial charge in [-0.2, -0.15) is 0 Å². The molecule has 6 nitrogen and oxygen atoms in total. The number of urea groups is 1. The summed E-state index contributed by atoms with van der Waals surface area (Å²) in [7, 11) is 0. The van der Waals surface area contributed by atoms with Crippen molar-refractivity contribution < 1.29 is 14.3 Å². The van der Waals surface area contributed by atoms with Crippen LogP contribution in [0.15, 0.2) is 42.5 Å². The molecule has 0 aromatic heterocycles. The van der Waals surface area contributed by atoms with Crippen LogP contribution in [0.1, 0.15) is 0 Å². The first-order valence-electron chi connectivity index (χ1n) is 7.37. The summed E-state index contributed by atoms with van der Waals surface area (Å²) in [6.07, 6.45) is -2.63. The van der Waals surface area contributed by atoms with E-state index in [0.717, 1.165) is 0 Å². The Morgan fingerprint density at radius 2 is 1.57 bits per heavy atom. The van der Waals surface area contributed by atoms with Gasteiger partial charge in [0, 0.05) is 5.69 Å². The number of alkyl halides is 3. The van der Waals surface area contributed by atoms with Gasteiger partial charge in [-0.15, -0.1) is 0 Å². The number of hydrogen-bond acceptors (Lipinski definition) is 3. The average Bonchev–Trinajstić information content (AvgIpc) is 2.59. The second kappa shape index (κ2) is 9.96. The molecule has 2 rings (SSSR count). The molecular weight excluding hydrogens is 495 g/mol. The summed E-state index contributed by atoms with van der Waals surface area (Å²) in [6.45, 7) is 0. The summed E-state index contributed by atoms with van der Waals surface area (Å²) >= 11 is 35.0. The monoisotopic (exact) mass is 503 g/mol.